The third kappa shape index (κ3) is 2.45. The Morgan fingerprint density at radius 3 is 2.92 bits per heavy atom. The Kier molecular flexibility index (Phi) is 3.75. The molecule has 2 nitrogen and oxygen atoms in total. The summed E-state index contributed by atoms with van der Waals surface area (Å²) in [5.41, 5.74) is 0. The molecule has 0 bridgehead atoms. The van der Waals surface area contributed by atoms with Crippen molar-refractivity contribution in [3.8, 4) is 0 Å². The van der Waals surface area contributed by atoms with Gasteiger partial charge in [0.25, 0.3) is 0 Å². The van der Waals surface area contributed by atoms with Gasteiger partial charge in [-0.05, 0) is 18.4 Å². The van der Waals surface area contributed by atoms with Crippen LogP contribution in [0.15, 0.2) is 17.5 Å². The van der Waals surface area contributed by atoms with E-state index in [-0.39, 0.29) is 17.8 Å². The highest BCUT2D eigenvalue weighted by Crippen LogP contribution is 2.23. The first-order chi connectivity index (χ1) is 6.16. The van der Waals surface area contributed by atoms with Gasteiger partial charge in [0.2, 0.25) is 5.91 Å². The second-order valence-corrected chi connectivity index (χ2v) is 4.08. The molecule has 1 aromatic heterocycles. The lowest BCUT2D eigenvalue weighted by molar-refractivity contribution is -0.129. The zero-order valence-electron chi connectivity index (χ0n) is 7.66. The summed E-state index contributed by atoms with van der Waals surface area (Å²) in [5, 5.41) is 2.00. The van der Waals surface area contributed by atoms with E-state index >= 15 is 0 Å². The fourth-order valence-electron chi connectivity index (χ4n) is 1.03. The second kappa shape index (κ2) is 4.63. The number of hydrogen-bond donors (Lipinski definition) is 0. The first kappa shape index (κ1) is 10.5. The average Bonchev–Trinajstić information content (AvgIpc) is 2.67. The SMILES string of the molecule is C[C@@H](c1cccs1)N(C)C(=O)CCl. The van der Waals surface area contributed by atoms with Crippen molar-refractivity contribution in [2.24, 2.45) is 0 Å². The first-order valence-corrected chi connectivity index (χ1v) is 5.43. The predicted molar refractivity (Wildman–Crippen MR) is 56.2 cm³/mol. The fraction of sp³-hybridized carbons (Fsp3) is 0.444. The molecule has 13 heavy (non-hydrogen) atoms. The Morgan fingerprint density at radius 2 is 2.46 bits per heavy atom. The zero-order valence-corrected chi connectivity index (χ0v) is 9.23. The molecule has 0 fully saturated rings. The van der Waals surface area contributed by atoms with E-state index in [2.05, 4.69) is 0 Å². The van der Waals surface area contributed by atoms with Crippen LogP contribution in [-0.2, 0) is 4.79 Å². The molecule has 0 saturated carbocycles. The van der Waals surface area contributed by atoms with E-state index in [1.54, 1.807) is 23.3 Å². The van der Waals surface area contributed by atoms with Gasteiger partial charge in [0.1, 0.15) is 5.88 Å². The van der Waals surface area contributed by atoms with Crippen LogP contribution in [0, 0.1) is 0 Å². The van der Waals surface area contributed by atoms with Gasteiger partial charge in [0, 0.05) is 11.9 Å². The van der Waals surface area contributed by atoms with Gasteiger partial charge < -0.3 is 4.90 Å². The highest BCUT2D eigenvalue weighted by molar-refractivity contribution is 7.10. The zero-order chi connectivity index (χ0) is 9.84. The van der Waals surface area contributed by atoms with Crippen LogP contribution in [0.25, 0.3) is 0 Å². The number of thiophene rings is 1. The topological polar surface area (TPSA) is 20.3 Å². The monoisotopic (exact) mass is 217 g/mol. The maximum atomic E-state index is 11.2. The number of hydrogen-bond acceptors (Lipinski definition) is 2. The van der Waals surface area contributed by atoms with Crippen LogP contribution in [0.1, 0.15) is 17.8 Å². The highest BCUT2D eigenvalue weighted by Gasteiger charge is 2.16. The average molecular weight is 218 g/mol. The van der Waals surface area contributed by atoms with Gasteiger partial charge in [-0.2, -0.15) is 0 Å². The second-order valence-electron chi connectivity index (χ2n) is 2.83. The summed E-state index contributed by atoms with van der Waals surface area (Å²) >= 11 is 7.11. The Morgan fingerprint density at radius 1 is 1.77 bits per heavy atom. The van der Waals surface area contributed by atoms with Crippen molar-refractivity contribution >= 4 is 28.8 Å². The number of halogens is 1. The summed E-state index contributed by atoms with van der Waals surface area (Å²) in [6.45, 7) is 2.00. The van der Waals surface area contributed by atoms with Gasteiger partial charge in [-0.3, -0.25) is 4.79 Å². The van der Waals surface area contributed by atoms with E-state index < -0.39 is 0 Å². The minimum absolute atomic E-state index is 0.0393. The summed E-state index contributed by atoms with van der Waals surface area (Å²) in [5.74, 6) is 0.00854. The van der Waals surface area contributed by atoms with Crippen LogP contribution >= 0.6 is 22.9 Å². The van der Waals surface area contributed by atoms with Crippen LogP contribution in [0.2, 0.25) is 0 Å². The molecular formula is C9H12ClNOS. The van der Waals surface area contributed by atoms with Crippen molar-refractivity contribution in [2.45, 2.75) is 13.0 Å². The molecule has 72 valence electrons. The summed E-state index contributed by atoms with van der Waals surface area (Å²) in [7, 11) is 1.77. The largest absolute Gasteiger partial charge is 0.337 e. The van der Waals surface area contributed by atoms with Crippen LogP contribution in [0.5, 0.6) is 0 Å². The third-order valence-electron chi connectivity index (χ3n) is 2.04. The van der Waals surface area contributed by atoms with Crippen molar-refractivity contribution in [1.82, 2.24) is 4.90 Å². The van der Waals surface area contributed by atoms with Crippen molar-refractivity contribution < 1.29 is 4.79 Å². The van der Waals surface area contributed by atoms with E-state index in [1.165, 1.54) is 4.88 Å². The number of carbonyl (C=O) groups is 1. The molecule has 0 radical (unpaired) electrons. The summed E-state index contributed by atoms with van der Waals surface area (Å²) in [4.78, 5) is 14.1. The Bertz CT molecular complexity index is 273. The summed E-state index contributed by atoms with van der Waals surface area (Å²) in [6.07, 6.45) is 0. The number of alkyl halides is 1. The van der Waals surface area contributed by atoms with Crippen molar-refractivity contribution in [2.75, 3.05) is 12.9 Å². The standard InChI is InChI=1S/C9H12ClNOS/c1-7(8-4-3-5-13-8)11(2)9(12)6-10/h3-5,7H,6H2,1-2H3/t7-/m0/s1. The van der Waals surface area contributed by atoms with Gasteiger partial charge >= 0.3 is 0 Å². The van der Waals surface area contributed by atoms with Gasteiger partial charge in [0.15, 0.2) is 0 Å². The molecule has 1 atom stereocenters. The molecule has 1 aromatic rings. The lowest BCUT2D eigenvalue weighted by atomic mass is 10.2. The smallest absolute Gasteiger partial charge is 0.237 e. The highest BCUT2D eigenvalue weighted by atomic mass is 35.5. The Hall–Kier alpha value is -0.540. The third-order valence-corrected chi connectivity index (χ3v) is 3.31. The van der Waals surface area contributed by atoms with E-state index in [4.69, 9.17) is 11.6 Å². The Balaban J connectivity index is 2.68. The van der Waals surface area contributed by atoms with Crippen LogP contribution in [0.3, 0.4) is 0 Å². The van der Waals surface area contributed by atoms with Crippen LogP contribution in [0.4, 0.5) is 0 Å². The molecule has 1 amide bonds. The van der Waals surface area contributed by atoms with Gasteiger partial charge in [-0.25, -0.2) is 0 Å². The quantitative estimate of drug-likeness (QED) is 0.713. The Labute approximate surface area is 87.1 Å². The molecule has 0 unspecified atom stereocenters. The number of nitrogens with zero attached hydrogens (tertiary/aromatic N) is 1. The molecule has 0 aliphatic carbocycles. The van der Waals surface area contributed by atoms with Crippen molar-refractivity contribution in [1.29, 1.82) is 0 Å². The number of rotatable bonds is 3. The van der Waals surface area contributed by atoms with Crippen molar-refractivity contribution in [3.63, 3.8) is 0 Å². The normalized spacial score (nSPS) is 12.5. The first-order valence-electron chi connectivity index (χ1n) is 4.02. The molecule has 0 spiro atoms. The minimum atomic E-state index is -0.0393. The molecule has 1 rings (SSSR count). The van der Waals surface area contributed by atoms with Crippen LogP contribution in [-0.4, -0.2) is 23.7 Å². The van der Waals surface area contributed by atoms with E-state index in [0.29, 0.717) is 0 Å². The van der Waals surface area contributed by atoms with E-state index in [9.17, 15) is 4.79 Å². The predicted octanol–water partition coefficient (Wildman–Crippen LogP) is 2.51. The lowest BCUT2D eigenvalue weighted by Gasteiger charge is -2.22. The van der Waals surface area contributed by atoms with Crippen LogP contribution < -0.4 is 0 Å². The molecule has 0 aromatic carbocycles. The number of amides is 1. The van der Waals surface area contributed by atoms with Gasteiger partial charge in [-0.15, -0.1) is 22.9 Å². The molecule has 4 heteroatoms. The van der Waals surface area contributed by atoms with Gasteiger partial charge in [0.05, 0.1) is 6.04 Å². The van der Waals surface area contributed by atoms with E-state index in [1.807, 2.05) is 24.4 Å². The number of carbonyl (C=O) groups excluding carboxylic acids is 1. The summed E-state index contributed by atoms with van der Waals surface area (Å²) < 4.78 is 0. The molecular weight excluding hydrogens is 206 g/mol. The molecule has 0 N–H and O–H groups in total. The fourth-order valence-corrected chi connectivity index (χ4v) is 2.05. The van der Waals surface area contributed by atoms with Gasteiger partial charge in [-0.1, -0.05) is 6.07 Å². The molecule has 0 aliphatic heterocycles. The lowest BCUT2D eigenvalue weighted by Crippen LogP contribution is -2.30. The minimum Gasteiger partial charge on any atom is -0.337 e. The maximum absolute atomic E-state index is 11.2. The maximum Gasteiger partial charge on any atom is 0.237 e. The summed E-state index contributed by atoms with van der Waals surface area (Å²) in [6, 6.07) is 4.12. The molecule has 1 heterocycles. The van der Waals surface area contributed by atoms with Crippen molar-refractivity contribution in [3.05, 3.63) is 22.4 Å². The molecule has 0 saturated heterocycles. The van der Waals surface area contributed by atoms with E-state index in [0.717, 1.165) is 0 Å². The molecule has 0 aliphatic rings.